The van der Waals surface area contributed by atoms with Crippen LogP contribution in [0.15, 0.2) is 24.3 Å². The fraction of sp³-hybridized carbons (Fsp3) is 0.429. The molecule has 4 nitrogen and oxygen atoms in total. The highest BCUT2D eigenvalue weighted by atomic mass is 19.1. The monoisotopic (exact) mass is 262 g/mol. The lowest BCUT2D eigenvalue weighted by Gasteiger charge is -2.08. The Hall–Kier alpha value is -1.91. The number of benzene rings is 1. The molecule has 1 heterocycles. The molecule has 2 rings (SSSR count). The zero-order chi connectivity index (χ0) is 13.7. The fourth-order valence-electron chi connectivity index (χ4n) is 1.92. The lowest BCUT2D eigenvalue weighted by atomic mass is 10.3. The van der Waals surface area contributed by atoms with Crippen LogP contribution in [0.1, 0.15) is 25.5 Å². The first-order valence-corrected chi connectivity index (χ1v) is 6.65. The molecule has 0 spiro atoms. The van der Waals surface area contributed by atoms with Gasteiger partial charge in [0.1, 0.15) is 11.6 Å². The van der Waals surface area contributed by atoms with Crippen LogP contribution < -0.4 is 5.32 Å². The first-order chi connectivity index (χ1) is 9.24. The number of anilines is 1. The van der Waals surface area contributed by atoms with E-state index in [4.69, 9.17) is 0 Å². The van der Waals surface area contributed by atoms with Crippen LogP contribution in [0.3, 0.4) is 0 Å². The molecule has 19 heavy (non-hydrogen) atoms. The summed E-state index contributed by atoms with van der Waals surface area (Å²) in [6, 6.07) is 6.67. The highest BCUT2D eigenvalue weighted by Crippen LogP contribution is 2.11. The standard InChI is InChI=1S/C14H19FN4/c1-3-13-17-14(4-2)19(18-13)10-9-16-12-8-6-5-7-11(12)15/h5-8,16H,3-4,9-10H2,1-2H3. The van der Waals surface area contributed by atoms with Gasteiger partial charge < -0.3 is 5.32 Å². The van der Waals surface area contributed by atoms with Crippen LogP contribution in [-0.4, -0.2) is 21.3 Å². The van der Waals surface area contributed by atoms with Crippen LogP contribution in [0.4, 0.5) is 10.1 Å². The first-order valence-electron chi connectivity index (χ1n) is 6.65. The van der Waals surface area contributed by atoms with Gasteiger partial charge in [-0.1, -0.05) is 26.0 Å². The summed E-state index contributed by atoms with van der Waals surface area (Å²) in [4.78, 5) is 4.44. The second-order valence-electron chi connectivity index (χ2n) is 4.28. The Kier molecular flexibility index (Phi) is 4.49. The summed E-state index contributed by atoms with van der Waals surface area (Å²) in [5, 5.41) is 7.50. The van der Waals surface area contributed by atoms with Gasteiger partial charge in [-0.15, -0.1) is 0 Å². The molecule has 0 bridgehead atoms. The molecule has 0 aliphatic rings. The highest BCUT2D eigenvalue weighted by molar-refractivity contribution is 5.44. The third-order valence-electron chi connectivity index (χ3n) is 2.94. The van der Waals surface area contributed by atoms with E-state index in [1.807, 2.05) is 17.7 Å². The Morgan fingerprint density at radius 1 is 1.21 bits per heavy atom. The van der Waals surface area contributed by atoms with E-state index in [0.717, 1.165) is 24.5 Å². The summed E-state index contributed by atoms with van der Waals surface area (Å²) in [7, 11) is 0. The molecule has 2 aromatic rings. The summed E-state index contributed by atoms with van der Waals surface area (Å²) < 4.78 is 15.3. The lowest BCUT2D eigenvalue weighted by molar-refractivity contribution is 0.592. The van der Waals surface area contributed by atoms with E-state index < -0.39 is 0 Å². The van der Waals surface area contributed by atoms with Crippen LogP contribution in [0.5, 0.6) is 0 Å². The van der Waals surface area contributed by atoms with E-state index in [2.05, 4.69) is 22.3 Å². The molecule has 0 radical (unpaired) electrons. The van der Waals surface area contributed by atoms with Crippen LogP contribution >= 0.6 is 0 Å². The molecule has 0 saturated heterocycles. The molecular formula is C14H19FN4. The van der Waals surface area contributed by atoms with E-state index in [-0.39, 0.29) is 5.82 Å². The van der Waals surface area contributed by atoms with Crippen LogP contribution in [0, 0.1) is 5.82 Å². The molecule has 0 aliphatic heterocycles. The second-order valence-corrected chi connectivity index (χ2v) is 4.28. The predicted molar refractivity (Wildman–Crippen MR) is 73.7 cm³/mol. The maximum Gasteiger partial charge on any atom is 0.150 e. The normalized spacial score (nSPS) is 10.7. The topological polar surface area (TPSA) is 42.7 Å². The predicted octanol–water partition coefficient (Wildman–Crippen LogP) is 2.65. The number of nitrogens with zero attached hydrogens (tertiary/aromatic N) is 3. The van der Waals surface area contributed by atoms with Crippen molar-refractivity contribution in [1.29, 1.82) is 0 Å². The summed E-state index contributed by atoms with van der Waals surface area (Å²) in [5.41, 5.74) is 0.524. The van der Waals surface area contributed by atoms with Gasteiger partial charge in [-0.2, -0.15) is 5.10 Å². The Bertz CT molecular complexity index is 536. The average Bonchev–Trinajstić information content (AvgIpc) is 2.83. The van der Waals surface area contributed by atoms with Crippen molar-refractivity contribution in [2.45, 2.75) is 33.2 Å². The minimum atomic E-state index is -0.231. The van der Waals surface area contributed by atoms with Gasteiger partial charge in [0.25, 0.3) is 0 Å². The number of halogens is 1. The van der Waals surface area contributed by atoms with E-state index in [1.54, 1.807) is 12.1 Å². The molecule has 1 aromatic heterocycles. The minimum Gasteiger partial charge on any atom is -0.381 e. The summed E-state index contributed by atoms with van der Waals surface area (Å²) in [6.07, 6.45) is 1.69. The van der Waals surface area contributed by atoms with E-state index in [9.17, 15) is 4.39 Å². The zero-order valence-corrected chi connectivity index (χ0v) is 11.4. The summed E-state index contributed by atoms with van der Waals surface area (Å²) in [5.74, 6) is 1.61. The molecule has 0 amide bonds. The minimum absolute atomic E-state index is 0.231. The third kappa shape index (κ3) is 3.30. The van der Waals surface area contributed by atoms with Crippen molar-refractivity contribution in [2.24, 2.45) is 0 Å². The second kappa shape index (κ2) is 6.31. The molecule has 0 saturated carbocycles. The van der Waals surface area contributed by atoms with E-state index >= 15 is 0 Å². The smallest absolute Gasteiger partial charge is 0.150 e. The SMILES string of the molecule is CCc1nc(CC)n(CCNc2ccccc2F)n1. The number of nitrogens with one attached hydrogen (secondary N) is 1. The van der Waals surface area contributed by atoms with Crippen molar-refractivity contribution in [1.82, 2.24) is 14.8 Å². The number of rotatable bonds is 6. The molecule has 0 unspecified atom stereocenters. The molecular weight excluding hydrogens is 243 g/mol. The quantitative estimate of drug-likeness (QED) is 0.870. The van der Waals surface area contributed by atoms with Gasteiger partial charge in [-0.3, -0.25) is 0 Å². The van der Waals surface area contributed by atoms with Crippen LogP contribution in [0.2, 0.25) is 0 Å². The van der Waals surface area contributed by atoms with Crippen molar-refractivity contribution in [3.05, 3.63) is 41.7 Å². The number of para-hydroxylation sites is 1. The summed E-state index contributed by atoms with van der Waals surface area (Å²) >= 11 is 0. The van der Waals surface area contributed by atoms with Crippen molar-refractivity contribution in [3.63, 3.8) is 0 Å². The van der Waals surface area contributed by atoms with Gasteiger partial charge in [0.2, 0.25) is 0 Å². The van der Waals surface area contributed by atoms with Gasteiger partial charge >= 0.3 is 0 Å². The number of hydrogen-bond acceptors (Lipinski definition) is 3. The number of aromatic nitrogens is 3. The maximum atomic E-state index is 13.4. The van der Waals surface area contributed by atoms with Crippen LogP contribution in [0.25, 0.3) is 0 Å². The van der Waals surface area contributed by atoms with E-state index in [0.29, 0.717) is 18.8 Å². The van der Waals surface area contributed by atoms with Gasteiger partial charge in [0.05, 0.1) is 12.2 Å². The molecule has 0 aliphatic carbocycles. The Balaban J connectivity index is 1.96. The lowest BCUT2D eigenvalue weighted by Crippen LogP contribution is -2.14. The molecule has 102 valence electrons. The van der Waals surface area contributed by atoms with Gasteiger partial charge in [0, 0.05) is 19.4 Å². The zero-order valence-electron chi connectivity index (χ0n) is 11.4. The first kappa shape index (κ1) is 13.5. The average molecular weight is 262 g/mol. The maximum absolute atomic E-state index is 13.4. The third-order valence-corrected chi connectivity index (χ3v) is 2.94. The van der Waals surface area contributed by atoms with Crippen molar-refractivity contribution < 1.29 is 4.39 Å². The molecule has 5 heteroatoms. The molecule has 0 atom stereocenters. The fourth-order valence-corrected chi connectivity index (χ4v) is 1.92. The highest BCUT2D eigenvalue weighted by Gasteiger charge is 2.06. The van der Waals surface area contributed by atoms with Crippen LogP contribution in [-0.2, 0) is 19.4 Å². The summed E-state index contributed by atoms with van der Waals surface area (Å²) in [6.45, 7) is 5.41. The van der Waals surface area contributed by atoms with Crippen molar-refractivity contribution in [3.8, 4) is 0 Å². The molecule has 0 fully saturated rings. The Labute approximate surface area is 112 Å². The van der Waals surface area contributed by atoms with Crippen molar-refractivity contribution in [2.75, 3.05) is 11.9 Å². The molecule has 1 N–H and O–H groups in total. The van der Waals surface area contributed by atoms with Gasteiger partial charge in [-0.05, 0) is 12.1 Å². The van der Waals surface area contributed by atoms with Gasteiger partial charge in [0.15, 0.2) is 5.82 Å². The number of aryl methyl sites for hydroxylation is 2. The van der Waals surface area contributed by atoms with Gasteiger partial charge in [-0.25, -0.2) is 14.1 Å². The Morgan fingerprint density at radius 2 is 2.00 bits per heavy atom. The Morgan fingerprint density at radius 3 is 2.68 bits per heavy atom. The number of hydrogen-bond donors (Lipinski definition) is 1. The van der Waals surface area contributed by atoms with E-state index in [1.165, 1.54) is 6.07 Å². The molecule has 1 aromatic carbocycles. The van der Waals surface area contributed by atoms with Crippen molar-refractivity contribution >= 4 is 5.69 Å². The largest absolute Gasteiger partial charge is 0.381 e.